The van der Waals surface area contributed by atoms with Crippen molar-refractivity contribution in [2.24, 2.45) is 0 Å². The Morgan fingerprint density at radius 3 is 2.94 bits per heavy atom. The molecule has 0 aliphatic rings. The van der Waals surface area contributed by atoms with Crippen LogP contribution in [0.5, 0.6) is 0 Å². The van der Waals surface area contributed by atoms with Crippen molar-refractivity contribution >= 4 is 17.4 Å². The molecular formula is C11H10N4O3. The molecule has 0 atom stereocenters. The van der Waals surface area contributed by atoms with Crippen molar-refractivity contribution in [3.8, 4) is 0 Å². The molecule has 0 saturated carbocycles. The molecule has 2 rings (SSSR count). The quantitative estimate of drug-likeness (QED) is 0.630. The van der Waals surface area contributed by atoms with E-state index in [1.165, 1.54) is 18.3 Å². The number of hydrogen-bond donors (Lipinski definition) is 2. The highest BCUT2D eigenvalue weighted by Crippen LogP contribution is 2.13. The Labute approximate surface area is 102 Å². The fraction of sp³-hybridized carbons (Fsp3) is 0.0909. The number of non-ortho nitro benzene ring substituents is 1. The lowest BCUT2D eigenvalue weighted by Gasteiger charge is -2.02. The average Bonchev–Trinajstić information content (AvgIpc) is 2.82. The predicted octanol–water partition coefficient (Wildman–Crippen LogP) is 1.50. The van der Waals surface area contributed by atoms with Crippen LogP contribution >= 0.6 is 0 Å². The second kappa shape index (κ2) is 5.09. The minimum Gasteiger partial charge on any atom is -0.311 e. The van der Waals surface area contributed by atoms with E-state index in [1.54, 1.807) is 18.2 Å². The summed E-state index contributed by atoms with van der Waals surface area (Å²) in [5, 5.41) is 19.5. The van der Waals surface area contributed by atoms with Gasteiger partial charge in [-0.1, -0.05) is 12.1 Å². The first-order valence-electron chi connectivity index (χ1n) is 5.18. The summed E-state index contributed by atoms with van der Waals surface area (Å²) in [5.74, 6) is 0.227. The molecule has 2 aromatic rings. The number of H-pyrrole nitrogens is 1. The maximum Gasteiger partial charge on any atom is 0.269 e. The van der Waals surface area contributed by atoms with Crippen LogP contribution < -0.4 is 5.32 Å². The van der Waals surface area contributed by atoms with Gasteiger partial charge in [0.15, 0.2) is 0 Å². The zero-order valence-corrected chi connectivity index (χ0v) is 9.29. The van der Waals surface area contributed by atoms with Gasteiger partial charge in [0.25, 0.3) is 5.69 Å². The number of nitro groups is 1. The molecule has 0 radical (unpaired) electrons. The third kappa shape index (κ3) is 2.91. The lowest BCUT2D eigenvalue weighted by molar-refractivity contribution is -0.384. The lowest BCUT2D eigenvalue weighted by atomic mass is 10.1. The van der Waals surface area contributed by atoms with Gasteiger partial charge in [0.1, 0.15) is 5.82 Å². The van der Waals surface area contributed by atoms with Crippen molar-refractivity contribution in [1.82, 2.24) is 10.2 Å². The smallest absolute Gasteiger partial charge is 0.269 e. The van der Waals surface area contributed by atoms with E-state index in [1.807, 2.05) is 0 Å². The summed E-state index contributed by atoms with van der Waals surface area (Å²) < 4.78 is 0. The maximum absolute atomic E-state index is 11.6. The molecule has 7 heteroatoms. The Balaban J connectivity index is 2.03. The van der Waals surface area contributed by atoms with Gasteiger partial charge in [-0.3, -0.25) is 20.0 Å². The number of nitrogens with one attached hydrogen (secondary N) is 2. The van der Waals surface area contributed by atoms with Crippen molar-refractivity contribution in [2.45, 2.75) is 6.42 Å². The number of anilines is 1. The molecule has 0 aliphatic carbocycles. The van der Waals surface area contributed by atoms with Crippen molar-refractivity contribution in [3.63, 3.8) is 0 Å². The van der Waals surface area contributed by atoms with Crippen molar-refractivity contribution in [3.05, 3.63) is 52.2 Å². The lowest BCUT2D eigenvalue weighted by Crippen LogP contribution is -2.14. The first kappa shape index (κ1) is 11.8. The predicted molar refractivity (Wildman–Crippen MR) is 64.0 cm³/mol. The SMILES string of the molecule is O=C(Cc1cccc([N+](=O)[O-])c1)Nc1ccn[nH]1. The highest BCUT2D eigenvalue weighted by Gasteiger charge is 2.09. The molecule has 1 aromatic heterocycles. The van der Waals surface area contributed by atoms with Gasteiger partial charge in [-0.15, -0.1) is 0 Å². The molecule has 1 heterocycles. The van der Waals surface area contributed by atoms with E-state index < -0.39 is 4.92 Å². The van der Waals surface area contributed by atoms with Crippen LogP contribution in [0.25, 0.3) is 0 Å². The van der Waals surface area contributed by atoms with Gasteiger partial charge in [0.2, 0.25) is 5.91 Å². The summed E-state index contributed by atoms with van der Waals surface area (Å²) in [5.41, 5.74) is 0.558. The molecular weight excluding hydrogens is 236 g/mol. The third-order valence-electron chi connectivity index (χ3n) is 2.26. The third-order valence-corrected chi connectivity index (χ3v) is 2.26. The molecule has 0 saturated heterocycles. The zero-order valence-electron chi connectivity index (χ0n) is 9.29. The molecule has 7 nitrogen and oxygen atoms in total. The van der Waals surface area contributed by atoms with Crippen LogP contribution in [0.2, 0.25) is 0 Å². The van der Waals surface area contributed by atoms with E-state index >= 15 is 0 Å². The minimum atomic E-state index is -0.490. The normalized spacial score (nSPS) is 10.0. The summed E-state index contributed by atoms with van der Waals surface area (Å²) in [6.45, 7) is 0. The van der Waals surface area contributed by atoms with E-state index in [2.05, 4.69) is 15.5 Å². The van der Waals surface area contributed by atoms with Gasteiger partial charge < -0.3 is 5.32 Å². The molecule has 0 aliphatic heterocycles. The number of aromatic nitrogens is 2. The zero-order chi connectivity index (χ0) is 13.0. The summed E-state index contributed by atoms with van der Waals surface area (Å²) >= 11 is 0. The molecule has 18 heavy (non-hydrogen) atoms. The second-order valence-corrected chi connectivity index (χ2v) is 3.62. The molecule has 0 bridgehead atoms. The van der Waals surface area contributed by atoms with E-state index in [4.69, 9.17) is 0 Å². The van der Waals surface area contributed by atoms with Crippen molar-refractivity contribution in [1.29, 1.82) is 0 Å². The van der Waals surface area contributed by atoms with Gasteiger partial charge in [-0.25, -0.2) is 0 Å². The van der Waals surface area contributed by atoms with Crippen LogP contribution in [-0.4, -0.2) is 21.0 Å². The van der Waals surface area contributed by atoms with Gasteiger partial charge in [0, 0.05) is 18.2 Å². The Bertz CT molecular complexity index is 565. The second-order valence-electron chi connectivity index (χ2n) is 3.62. The number of carbonyl (C=O) groups is 1. The van der Waals surface area contributed by atoms with Gasteiger partial charge in [0.05, 0.1) is 17.5 Å². The molecule has 0 spiro atoms. The van der Waals surface area contributed by atoms with Crippen LogP contribution in [-0.2, 0) is 11.2 Å². The molecule has 1 amide bonds. The highest BCUT2D eigenvalue weighted by atomic mass is 16.6. The first-order valence-corrected chi connectivity index (χ1v) is 5.18. The van der Waals surface area contributed by atoms with Crippen molar-refractivity contribution in [2.75, 3.05) is 5.32 Å². The van der Waals surface area contributed by atoms with E-state index in [9.17, 15) is 14.9 Å². The Morgan fingerprint density at radius 1 is 1.44 bits per heavy atom. The highest BCUT2D eigenvalue weighted by molar-refractivity contribution is 5.91. The van der Waals surface area contributed by atoms with Gasteiger partial charge in [-0.2, -0.15) is 5.10 Å². The van der Waals surface area contributed by atoms with E-state index in [0.29, 0.717) is 11.4 Å². The molecule has 92 valence electrons. The topological polar surface area (TPSA) is 101 Å². The number of benzene rings is 1. The summed E-state index contributed by atoms with van der Waals surface area (Å²) in [7, 11) is 0. The minimum absolute atomic E-state index is 0.0261. The fourth-order valence-corrected chi connectivity index (χ4v) is 1.49. The maximum atomic E-state index is 11.6. The number of nitro benzene ring substituents is 1. The van der Waals surface area contributed by atoms with Crippen LogP contribution in [0.3, 0.4) is 0 Å². The van der Waals surface area contributed by atoms with Crippen LogP contribution in [0.1, 0.15) is 5.56 Å². The van der Waals surface area contributed by atoms with Crippen LogP contribution in [0.4, 0.5) is 11.5 Å². The number of amides is 1. The summed E-state index contributed by atoms with van der Waals surface area (Å²) in [6.07, 6.45) is 1.59. The largest absolute Gasteiger partial charge is 0.311 e. The number of aromatic amines is 1. The average molecular weight is 246 g/mol. The molecule has 2 N–H and O–H groups in total. The number of carbonyl (C=O) groups excluding carboxylic acids is 1. The monoisotopic (exact) mass is 246 g/mol. The fourth-order valence-electron chi connectivity index (χ4n) is 1.49. The van der Waals surface area contributed by atoms with Gasteiger partial charge >= 0.3 is 0 Å². The van der Waals surface area contributed by atoms with E-state index in [-0.39, 0.29) is 18.0 Å². The van der Waals surface area contributed by atoms with Crippen molar-refractivity contribution < 1.29 is 9.72 Å². The number of hydrogen-bond acceptors (Lipinski definition) is 4. The first-order chi connectivity index (χ1) is 8.65. The van der Waals surface area contributed by atoms with E-state index in [0.717, 1.165) is 0 Å². The summed E-state index contributed by atoms with van der Waals surface area (Å²) in [4.78, 5) is 21.7. The standard InChI is InChI=1S/C11H10N4O3/c16-11(13-10-4-5-12-14-10)7-8-2-1-3-9(6-8)15(17)18/h1-6H,7H2,(H2,12,13,14,16). The summed E-state index contributed by atoms with van der Waals surface area (Å²) in [6, 6.07) is 7.60. The number of rotatable bonds is 4. The molecule has 1 aromatic carbocycles. The van der Waals surface area contributed by atoms with Crippen LogP contribution in [0.15, 0.2) is 36.5 Å². The molecule has 0 fully saturated rings. The Hall–Kier alpha value is -2.70. The Morgan fingerprint density at radius 2 is 2.28 bits per heavy atom. The van der Waals surface area contributed by atoms with Gasteiger partial charge in [-0.05, 0) is 5.56 Å². The number of nitrogens with zero attached hydrogens (tertiary/aromatic N) is 2. The Kier molecular flexibility index (Phi) is 3.33. The molecule has 0 unspecified atom stereocenters. The van der Waals surface area contributed by atoms with Crippen LogP contribution in [0, 0.1) is 10.1 Å².